The number of aromatic amines is 1. The van der Waals surface area contributed by atoms with Crippen LogP contribution in [0.3, 0.4) is 0 Å². The molecule has 25 heavy (non-hydrogen) atoms. The fraction of sp³-hybridized carbons (Fsp3) is 0.278. The van der Waals surface area contributed by atoms with Crippen LogP contribution in [-0.2, 0) is 0 Å². The zero-order valence-corrected chi connectivity index (χ0v) is 13.8. The van der Waals surface area contributed by atoms with E-state index >= 15 is 0 Å². The van der Waals surface area contributed by atoms with E-state index in [9.17, 15) is 0 Å². The van der Waals surface area contributed by atoms with Gasteiger partial charge in [-0.3, -0.25) is 0 Å². The predicted molar refractivity (Wildman–Crippen MR) is 97.2 cm³/mol. The normalized spacial score (nSPS) is 14.8. The summed E-state index contributed by atoms with van der Waals surface area (Å²) in [5.74, 6) is 2.07. The van der Waals surface area contributed by atoms with Crippen molar-refractivity contribution in [2.75, 3.05) is 10.6 Å². The van der Waals surface area contributed by atoms with Crippen molar-refractivity contribution < 1.29 is 4.42 Å². The van der Waals surface area contributed by atoms with Crippen LogP contribution in [0.5, 0.6) is 0 Å². The maximum Gasteiger partial charge on any atom is 0.231 e. The minimum atomic E-state index is 0.509. The van der Waals surface area contributed by atoms with Crippen molar-refractivity contribution in [2.45, 2.75) is 32.2 Å². The Morgan fingerprint density at radius 1 is 1.16 bits per heavy atom. The van der Waals surface area contributed by atoms with E-state index in [1.54, 1.807) is 0 Å². The van der Waals surface area contributed by atoms with Crippen LogP contribution in [0.25, 0.3) is 22.1 Å². The quantitative estimate of drug-likeness (QED) is 0.520. The van der Waals surface area contributed by atoms with Gasteiger partial charge in [0.05, 0.1) is 5.39 Å². The van der Waals surface area contributed by atoms with E-state index in [-0.39, 0.29) is 0 Å². The number of aromatic nitrogens is 4. The van der Waals surface area contributed by atoms with Crippen molar-refractivity contribution in [3.05, 3.63) is 36.4 Å². The van der Waals surface area contributed by atoms with Crippen LogP contribution in [0.15, 0.2) is 34.9 Å². The van der Waals surface area contributed by atoms with Crippen molar-refractivity contribution >= 4 is 39.6 Å². The van der Waals surface area contributed by atoms with E-state index in [1.807, 2.05) is 37.4 Å². The lowest BCUT2D eigenvalue weighted by Crippen LogP contribution is -2.27. The first-order valence-corrected chi connectivity index (χ1v) is 8.50. The number of rotatable bonds is 4. The largest absolute Gasteiger partial charge is 0.441 e. The minimum Gasteiger partial charge on any atom is -0.441 e. The molecule has 1 aliphatic rings. The van der Waals surface area contributed by atoms with Gasteiger partial charge in [0, 0.05) is 30.9 Å². The van der Waals surface area contributed by atoms with Crippen LogP contribution in [0.1, 0.15) is 25.2 Å². The first-order valence-electron chi connectivity index (χ1n) is 8.50. The molecule has 0 atom stereocenters. The van der Waals surface area contributed by atoms with Crippen LogP contribution >= 0.6 is 0 Å². The highest BCUT2D eigenvalue weighted by atomic mass is 16.3. The van der Waals surface area contributed by atoms with Crippen LogP contribution < -0.4 is 10.6 Å². The predicted octanol–water partition coefficient (Wildman–Crippen LogP) is 4.12. The number of benzene rings is 1. The Balaban J connectivity index is 1.50. The number of oxazole rings is 1. The lowest BCUT2D eigenvalue weighted by atomic mass is 9.93. The Bertz CT molecular complexity index is 1060. The summed E-state index contributed by atoms with van der Waals surface area (Å²) in [5.41, 5.74) is 3.27. The highest BCUT2D eigenvalue weighted by molar-refractivity contribution is 5.88. The third-order valence-corrected chi connectivity index (χ3v) is 4.61. The summed E-state index contributed by atoms with van der Waals surface area (Å²) < 4.78 is 5.59. The molecule has 0 unspecified atom stereocenters. The lowest BCUT2D eigenvalue weighted by molar-refractivity contribution is 0.445. The highest BCUT2D eigenvalue weighted by Gasteiger charge is 2.19. The number of hydrogen-bond acceptors (Lipinski definition) is 6. The third-order valence-electron chi connectivity index (χ3n) is 4.61. The summed E-state index contributed by atoms with van der Waals surface area (Å²) in [5, 5.41) is 7.81. The topological polar surface area (TPSA) is 91.7 Å². The summed E-state index contributed by atoms with van der Waals surface area (Å²) in [6.07, 6.45) is 5.56. The zero-order valence-electron chi connectivity index (χ0n) is 13.8. The van der Waals surface area contributed by atoms with Gasteiger partial charge < -0.3 is 20.0 Å². The van der Waals surface area contributed by atoms with Gasteiger partial charge in [-0.25, -0.2) is 4.98 Å². The van der Waals surface area contributed by atoms with Gasteiger partial charge in [0.15, 0.2) is 11.5 Å². The monoisotopic (exact) mass is 334 g/mol. The maximum absolute atomic E-state index is 5.59. The molecule has 0 spiro atoms. The average Bonchev–Trinajstić information content (AvgIpc) is 3.15. The molecule has 0 radical (unpaired) electrons. The molecule has 0 aliphatic heterocycles. The molecule has 0 saturated heterocycles. The minimum absolute atomic E-state index is 0.509. The number of hydrogen-bond donors (Lipinski definition) is 3. The Kier molecular flexibility index (Phi) is 3.12. The van der Waals surface area contributed by atoms with E-state index in [1.165, 1.54) is 19.3 Å². The van der Waals surface area contributed by atoms with E-state index < -0.39 is 0 Å². The molecule has 1 aromatic carbocycles. The third kappa shape index (κ3) is 2.57. The molecule has 0 bridgehead atoms. The number of nitrogens with one attached hydrogen (secondary N) is 3. The van der Waals surface area contributed by atoms with Crippen molar-refractivity contribution in [2.24, 2.45) is 0 Å². The summed E-state index contributed by atoms with van der Waals surface area (Å²) in [6.45, 7) is 1.84. The van der Waals surface area contributed by atoms with Gasteiger partial charge in [-0.05, 0) is 37.5 Å². The number of fused-ring (bicyclic) bond motifs is 2. The van der Waals surface area contributed by atoms with Crippen molar-refractivity contribution in [3.8, 4) is 0 Å². The Morgan fingerprint density at radius 3 is 2.92 bits per heavy atom. The van der Waals surface area contributed by atoms with E-state index in [0.29, 0.717) is 17.9 Å². The summed E-state index contributed by atoms with van der Waals surface area (Å²) >= 11 is 0. The van der Waals surface area contributed by atoms with Gasteiger partial charge in [0.1, 0.15) is 17.0 Å². The van der Waals surface area contributed by atoms with Crippen molar-refractivity contribution in [3.63, 3.8) is 0 Å². The summed E-state index contributed by atoms with van der Waals surface area (Å²) in [6, 6.07) is 8.30. The van der Waals surface area contributed by atoms with Gasteiger partial charge >= 0.3 is 0 Å². The number of anilines is 3. The molecule has 3 aromatic heterocycles. The Hall–Kier alpha value is -3.09. The smallest absolute Gasteiger partial charge is 0.231 e. The fourth-order valence-corrected chi connectivity index (χ4v) is 3.10. The molecule has 1 saturated carbocycles. The first-order chi connectivity index (χ1) is 12.2. The number of nitrogens with zero attached hydrogens (tertiary/aromatic N) is 3. The van der Waals surface area contributed by atoms with Gasteiger partial charge in [-0.15, -0.1) is 0 Å². The molecule has 126 valence electrons. The molecule has 3 heterocycles. The second kappa shape index (κ2) is 5.47. The van der Waals surface area contributed by atoms with Gasteiger partial charge in [-0.1, -0.05) is 0 Å². The molecule has 7 nitrogen and oxygen atoms in total. The highest BCUT2D eigenvalue weighted by Crippen LogP contribution is 2.28. The Morgan fingerprint density at radius 2 is 2.08 bits per heavy atom. The summed E-state index contributed by atoms with van der Waals surface area (Å²) in [4.78, 5) is 16.7. The van der Waals surface area contributed by atoms with Crippen LogP contribution in [0, 0.1) is 6.92 Å². The van der Waals surface area contributed by atoms with E-state index in [2.05, 4.69) is 30.6 Å². The second-order valence-corrected chi connectivity index (χ2v) is 6.45. The molecule has 1 aliphatic carbocycles. The SMILES string of the molecule is Cc1nc2ccc(Nc3nc(NC4CCC4)c4cc[nH]c4n3)cc2o1. The molecule has 5 rings (SSSR count). The van der Waals surface area contributed by atoms with E-state index in [0.717, 1.165) is 33.6 Å². The van der Waals surface area contributed by atoms with Crippen LogP contribution in [-0.4, -0.2) is 26.0 Å². The Labute approximate surface area is 143 Å². The molecular formula is C18H18N6O. The van der Waals surface area contributed by atoms with Crippen LogP contribution in [0.4, 0.5) is 17.5 Å². The van der Waals surface area contributed by atoms with Gasteiger partial charge in [0.2, 0.25) is 5.95 Å². The van der Waals surface area contributed by atoms with Gasteiger partial charge in [0.25, 0.3) is 0 Å². The number of aryl methyl sites for hydroxylation is 1. The molecule has 1 fully saturated rings. The van der Waals surface area contributed by atoms with Crippen molar-refractivity contribution in [1.82, 2.24) is 19.9 Å². The zero-order chi connectivity index (χ0) is 16.8. The van der Waals surface area contributed by atoms with Crippen LogP contribution in [0.2, 0.25) is 0 Å². The molecule has 3 N–H and O–H groups in total. The maximum atomic E-state index is 5.59. The average molecular weight is 334 g/mol. The van der Waals surface area contributed by atoms with Crippen molar-refractivity contribution in [1.29, 1.82) is 0 Å². The first kappa shape index (κ1) is 14.3. The standard InChI is InChI=1S/C18H18N6O/c1-10-20-14-6-5-12(9-15(14)25-10)22-18-23-16-13(7-8-19-16)17(24-18)21-11-3-2-4-11/h5-9,11H,2-4H2,1H3,(H3,19,21,22,23,24). The molecule has 4 aromatic rings. The second-order valence-electron chi connectivity index (χ2n) is 6.45. The molecule has 0 amide bonds. The molecule has 7 heteroatoms. The van der Waals surface area contributed by atoms with Gasteiger partial charge in [-0.2, -0.15) is 9.97 Å². The summed E-state index contributed by atoms with van der Waals surface area (Å²) in [7, 11) is 0. The van der Waals surface area contributed by atoms with E-state index in [4.69, 9.17) is 4.42 Å². The molecular weight excluding hydrogens is 316 g/mol. The number of H-pyrrole nitrogens is 1. The fourth-order valence-electron chi connectivity index (χ4n) is 3.10. The lowest BCUT2D eigenvalue weighted by Gasteiger charge is -2.27.